The highest BCUT2D eigenvalue weighted by atomic mass is 16.3. The lowest BCUT2D eigenvalue weighted by Gasteiger charge is -2.32. The number of hydrogen-bond donors (Lipinski definition) is 1. The summed E-state index contributed by atoms with van der Waals surface area (Å²) in [6, 6.07) is 5.58. The number of phenols is 1. The third kappa shape index (κ3) is 3.54. The van der Waals surface area contributed by atoms with Crippen LogP contribution in [0.2, 0.25) is 0 Å². The van der Waals surface area contributed by atoms with E-state index in [1.807, 2.05) is 26.0 Å². The number of aryl methyl sites for hydroxylation is 2. The van der Waals surface area contributed by atoms with Crippen LogP contribution < -0.4 is 0 Å². The van der Waals surface area contributed by atoms with Gasteiger partial charge >= 0.3 is 0 Å². The van der Waals surface area contributed by atoms with E-state index < -0.39 is 0 Å². The van der Waals surface area contributed by atoms with Crippen molar-refractivity contribution >= 4 is 6.41 Å². The van der Waals surface area contributed by atoms with Crippen LogP contribution in [-0.2, 0) is 11.3 Å². The predicted octanol–water partition coefficient (Wildman–Crippen LogP) is 1.74. The Kier molecular flexibility index (Phi) is 4.76. The number of carbonyl (C=O) groups is 1. The van der Waals surface area contributed by atoms with Gasteiger partial charge in [0.25, 0.3) is 0 Å². The molecule has 0 saturated carbocycles. The van der Waals surface area contributed by atoms with Gasteiger partial charge in [0.15, 0.2) is 0 Å². The van der Waals surface area contributed by atoms with E-state index in [-0.39, 0.29) is 5.75 Å². The van der Waals surface area contributed by atoms with Crippen LogP contribution in [-0.4, -0.2) is 57.5 Å². The summed E-state index contributed by atoms with van der Waals surface area (Å²) in [4.78, 5) is 23.8. The zero-order valence-electron chi connectivity index (χ0n) is 14.1. The quantitative estimate of drug-likeness (QED) is 0.867. The fourth-order valence-electron chi connectivity index (χ4n) is 2.94. The van der Waals surface area contributed by atoms with E-state index >= 15 is 0 Å². The van der Waals surface area contributed by atoms with Gasteiger partial charge in [0.05, 0.1) is 17.1 Å². The molecule has 0 radical (unpaired) electrons. The maximum Gasteiger partial charge on any atom is 0.209 e. The maximum atomic E-state index is 10.8. The first-order valence-corrected chi connectivity index (χ1v) is 8.11. The number of benzene rings is 1. The number of aromatic nitrogens is 2. The molecule has 3 rings (SSSR count). The maximum absolute atomic E-state index is 10.8. The molecule has 0 bridgehead atoms. The van der Waals surface area contributed by atoms with Gasteiger partial charge in [0, 0.05) is 50.0 Å². The summed E-state index contributed by atoms with van der Waals surface area (Å²) in [6.07, 6.45) is 2.65. The van der Waals surface area contributed by atoms with E-state index in [0.29, 0.717) is 6.54 Å². The van der Waals surface area contributed by atoms with Crippen LogP contribution >= 0.6 is 0 Å². The summed E-state index contributed by atoms with van der Waals surface area (Å²) < 4.78 is 0. The molecule has 1 N–H and O–H groups in total. The average molecular weight is 326 g/mol. The number of carbonyl (C=O) groups excluding carboxylic acids is 1. The minimum absolute atomic E-state index is 0.287. The first-order chi connectivity index (χ1) is 11.6. The van der Waals surface area contributed by atoms with Crippen molar-refractivity contribution in [2.24, 2.45) is 0 Å². The molecule has 1 aromatic heterocycles. The number of aromatic hydroxyl groups is 1. The second kappa shape index (κ2) is 6.97. The summed E-state index contributed by atoms with van der Waals surface area (Å²) >= 11 is 0. The summed E-state index contributed by atoms with van der Waals surface area (Å²) in [7, 11) is 0. The molecule has 0 spiro atoms. The second-order valence-electron chi connectivity index (χ2n) is 6.21. The Balaban J connectivity index is 1.82. The molecule has 1 fully saturated rings. The molecule has 24 heavy (non-hydrogen) atoms. The van der Waals surface area contributed by atoms with Gasteiger partial charge in [-0.05, 0) is 32.0 Å². The Morgan fingerprint density at radius 1 is 1.21 bits per heavy atom. The molecule has 0 aliphatic carbocycles. The van der Waals surface area contributed by atoms with E-state index in [9.17, 15) is 9.90 Å². The summed E-state index contributed by atoms with van der Waals surface area (Å²) in [6.45, 7) is 7.59. The van der Waals surface area contributed by atoms with Crippen LogP contribution in [0.1, 0.15) is 17.0 Å². The van der Waals surface area contributed by atoms with Crippen molar-refractivity contribution in [3.8, 4) is 17.0 Å². The molecule has 0 atom stereocenters. The van der Waals surface area contributed by atoms with E-state index in [1.54, 1.807) is 17.2 Å². The Bertz CT molecular complexity index is 740. The lowest BCUT2D eigenvalue weighted by atomic mass is 10.0. The molecule has 126 valence electrons. The van der Waals surface area contributed by atoms with E-state index in [2.05, 4.69) is 14.9 Å². The van der Waals surface area contributed by atoms with Crippen LogP contribution in [0.15, 0.2) is 24.4 Å². The standard InChI is InChI=1S/C18H22N4O2/c1-13-10-19-14(2)18(20-13)15-3-4-17(24)16(9-15)11-21-5-7-22(12-23)8-6-21/h3-4,9-10,12,24H,5-8,11H2,1-2H3. The number of hydrogen-bond acceptors (Lipinski definition) is 5. The largest absolute Gasteiger partial charge is 0.508 e. The van der Waals surface area contributed by atoms with Crippen LogP contribution in [0.3, 0.4) is 0 Å². The van der Waals surface area contributed by atoms with E-state index in [4.69, 9.17) is 0 Å². The second-order valence-corrected chi connectivity index (χ2v) is 6.21. The SMILES string of the molecule is Cc1cnc(C)c(-c2ccc(O)c(CN3CCN(C=O)CC3)c2)n1. The Morgan fingerprint density at radius 2 is 1.96 bits per heavy atom. The zero-order valence-corrected chi connectivity index (χ0v) is 14.1. The molecule has 0 unspecified atom stereocenters. The molecule has 1 amide bonds. The molecule has 1 aromatic carbocycles. The first-order valence-electron chi connectivity index (χ1n) is 8.11. The van der Waals surface area contributed by atoms with Gasteiger partial charge in [-0.15, -0.1) is 0 Å². The Hall–Kier alpha value is -2.47. The van der Waals surface area contributed by atoms with E-state index in [0.717, 1.165) is 60.8 Å². The highest BCUT2D eigenvalue weighted by Crippen LogP contribution is 2.27. The molecule has 6 nitrogen and oxygen atoms in total. The first kappa shape index (κ1) is 16.4. The summed E-state index contributed by atoms with van der Waals surface area (Å²) in [5, 5.41) is 10.2. The zero-order chi connectivity index (χ0) is 17.1. The van der Waals surface area contributed by atoms with Crippen molar-refractivity contribution < 1.29 is 9.90 Å². The number of amides is 1. The number of rotatable bonds is 4. The molecule has 1 aliphatic heterocycles. The van der Waals surface area contributed by atoms with Crippen molar-refractivity contribution in [1.29, 1.82) is 0 Å². The third-order valence-corrected chi connectivity index (χ3v) is 4.38. The highest BCUT2D eigenvalue weighted by molar-refractivity contribution is 5.64. The van der Waals surface area contributed by atoms with Gasteiger partial charge in [0.2, 0.25) is 6.41 Å². The predicted molar refractivity (Wildman–Crippen MR) is 91.5 cm³/mol. The van der Waals surface area contributed by atoms with Gasteiger partial charge in [-0.25, -0.2) is 4.98 Å². The topological polar surface area (TPSA) is 69.6 Å². The molecule has 6 heteroatoms. The Morgan fingerprint density at radius 3 is 2.67 bits per heavy atom. The summed E-state index contributed by atoms with van der Waals surface area (Å²) in [5.41, 5.74) is 4.42. The average Bonchev–Trinajstić information content (AvgIpc) is 2.60. The van der Waals surface area contributed by atoms with Gasteiger partial charge in [-0.1, -0.05) is 0 Å². The lowest BCUT2D eigenvalue weighted by Crippen LogP contribution is -2.45. The van der Waals surface area contributed by atoms with Gasteiger partial charge in [-0.3, -0.25) is 14.7 Å². The van der Waals surface area contributed by atoms with Crippen molar-refractivity contribution in [1.82, 2.24) is 19.8 Å². The molecule has 1 saturated heterocycles. The number of nitrogens with zero attached hydrogens (tertiary/aromatic N) is 4. The van der Waals surface area contributed by atoms with Crippen molar-refractivity contribution in [2.75, 3.05) is 26.2 Å². The molecular formula is C18H22N4O2. The molecule has 2 aromatic rings. The highest BCUT2D eigenvalue weighted by Gasteiger charge is 2.17. The fourth-order valence-corrected chi connectivity index (χ4v) is 2.94. The van der Waals surface area contributed by atoms with Gasteiger partial charge < -0.3 is 10.0 Å². The van der Waals surface area contributed by atoms with Gasteiger partial charge in [0.1, 0.15) is 5.75 Å². The third-order valence-electron chi connectivity index (χ3n) is 4.38. The van der Waals surface area contributed by atoms with Crippen LogP contribution in [0.4, 0.5) is 0 Å². The number of piperazine rings is 1. The number of phenolic OH excluding ortho intramolecular Hbond substituents is 1. The monoisotopic (exact) mass is 326 g/mol. The smallest absolute Gasteiger partial charge is 0.209 e. The van der Waals surface area contributed by atoms with Crippen molar-refractivity contribution in [3.63, 3.8) is 0 Å². The minimum Gasteiger partial charge on any atom is -0.508 e. The van der Waals surface area contributed by atoms with Crippen molar-refractivity contribution in [2.45, 2.75) is 20.4 Å². The van der Waals surface area contributed by atoms with Gasteiger partial charge in [-0.2, -0.15) is 0 Å². The van der Waals surface area contributed by atoms with Crippen LogP contribution in [0, 0.1) is 13.8 Å². The van der Waals surface area contributed by atoms with E-state index in [1.165, 1.54) is 0 Å². The lowest BCUT2D eigenvalue weighted by molar-refractivity contribution is -0.119. The Labute approximate surface area is 141 Å². The molecular weight excluding hydrogens is 304 g/mol. The molecule has 1 aliphatic rings. The minimum atomic E-state index is 0.287. The fraction of sp³-hybridized carbons (Fsp3) is 0.389. The van der Waals surface area contributed by atoms with Crippen LogP contribution in [0.5, 0.6) is 5.75 Å². The van der Waals surface area contributed by atoms with Crippen LogP contribution in [0.25, 0.3) is 11.3 Å². The summed E-state index contributed by atoms with van der Waals surface area (Å²) in [5.74, 6) is 0.287. The van der Waals surface area contributed by atoms with Crippen molar-refractivity contribution in [3.05, 3.63) is 41.3 Å². The molecule has 2 heterocycles. The normalized spacial score (nSPS) is 15.5.